The van der Waals surface area contributed by atoms with Gasteiger partial charge in [0.15, 0.2) is 16.9 Å². The summed E-state index contributed by atoms with van der Waals surface area (Å²) in [6, 6.07) is -0.608. The van der Waals surface area contributed by atoms with Crippen molar-refractivity contribution < 1.29 is 32.2 Å². The van der Waals surface area contributed by atoms with Crippen molar-refractivity contribution in [2.24, 2.45) is 0 Å². The van der Waals surface area contributed by atoms with Crippen LogP contribution in [0.5, 0.6) is 0 Å². The number of alkyl halides is 4. The van der Waals surface area contributed by atoms with Crippen LogP contribution >= 0.6 is 22.9 Å². The number of anilines is 1. The standard InChI is InChI=1S/C11H12ClF3N2O4S/c1-10(2,3)21-9(19)17-8-16-6(11(13,14)15)5(22-8)7(18)20-4-12/h4H2,1-3H3,(H,16,17,19). The Morgan fingerprint density at radius 3 is 2.36 bits per heavy atom. The third kappa shape index (κ3) is 5.34. The Labute approximate surface area is 132 Å². The van der Waals surface area contributed by atoms with Crippen LogP contribution in [0.2, 0.25) is 0 Å². The number of carbonyl (C=O) groups is 2. The van der Waals surface area contributed by atoms with E-state index in [2.05, 4.69) is 9.72 Å². The molecule has 1 N–H and O–H groups in total. The Balaban J connectivity index is 3.03. The molecule has 0 aliphatic heterocycles. The number of aromatic nitrogens is 1. The van der Waals surface area contributed by atoms with Crippen LogP contribution in [-0.2, 0) is 15.7 Å². The molecule has 1 aromatic heterocycles. The first-order valence-electron chi connectivity index (χ1n) is 5.75. The molecule has 1 rings (SSSR count). The first-order chi connectivity index (χ1) is 9.94. The number of thiazole rings is 1. The number of carbonyl (C=O) groups excluding carboxylic acids is 2. The van der Waals surface area contributed by atoms with Crippen molar-refractivity contribution in [3.63, 3.8) is 0 Å². The molecule has 0 saturated heterocycles. The van der Waals surface area contributed by atoms with Crippen LogP contribution in [0.4, 0.5) is 23.1 Å². The van der Waals surface area contributed by atoms with Crippen LogP contribution in [0.15, 0.2) is 0 Å². The van der Waals surface area contributed by atoms with E-state index in [1.807, 2.05) is 5.32 Å². The summed E-state index contributed by atoms with van der Waals surface area (Å²) in [6.07, 6.45) is -5.88. The van der Waals surface area contributed by atoms with Crippen LogP contribution in [0, 0.1) is 0 Å². The number of amides is 1. The van der Waals surface area contributed by atoms with E-state index in [0.717, 1.165) is 0 Å². The number of esters is 1. The highest BCUT2D eigenvalue weighted by Crippen LogP contribution is 2.36. The molecule has 0 radical (unpaired) electrons. The Hall–Kier alpha value is -1.55. The van der Waals surface area contributed by atoms with Gasteiger partial charge in [0.05, 0.1) is 0 Å². The van der Waals surface area contributed by atoms with Gasteiger partial charge in [0.2, 0.25) is 0 Å². The lowest BCUT2D eigenvalue weighted by Crippen LogP contribution is -2.27. The summed E-state index contributed by atoms with van der Waals surface area (Å²) in [5.74, 6) is -1.28. The molecular weight excluding hydrogens is 349 g/mol. The van der Waals surface area contributed by atoms with E-state index in [9.17, 15) is 22.8 Å². The summed E-state index contributed by atoms with van der Waals surface area (Å²) in [6.45, 7) is 4.75. The molecule has 0 atom stereocenters. The van der Waals surface area contributed by atoms with E-state index in [4.69, 9.17) is 16.3 Å². The Morgan fingerprint density at radius 1 is 1.32 bits per heavy atom. The monoisotopic (exact) mass is 360 g/mol. The van der Waals surface area contributed by atoms with Gasteiger partial charge in [-0.25, -0.2) is 14.6 Å². The molecule has 0 aliphatic rings. The number of hydrogen-bond donors (Lipinski definition) is 1. The number of ether oxygens (including phenoxy) is 2. The molecule has 11 heteroatoms. The van der Waals surface area contributed by atoms with Crippen LogP contribution in [0.1, 0.15) is 36.1 Å². The van der Waals surface area contributed by atoms with Crippen molar-refractivity contribution in [2.75, 3.05) is 11.4 Å². The number of hydrogen-bond acceptors (Lipinski definition) is 6. The fourth-order valence-electron chi connectivity index (χ4n) is 1.21. The van der Waals surface area contributed by atoms with Crippen LogP contribution < -0.4 is 5.32 Å². The molecule has 1 heterocycles. The molecule has 0 spiro atoms. The minimum Gasteiger partial charge on any atom is -0.445 e. The second-order valence-corrected chi connectivity index (χ2v) is 6.08. The summed E-state index contributed by atoms with van der Waals surface area (Å²) in [5.41, 5.74) is -2.30. The van der Waals surface area contributed by atoms with Gasteiger partial charge in [-0.05, 0) is 20.8 Å². The predicted octanol–water partition coefficient (Wildman–Crippen LogP) is 3.86. The van der Waals surface area contributed by atoms with E-state index >= 15 is 0 Å². The zero-order valence-electron chi connectivity index (χ0n) is 11.7. The maximum absolute atomic E-state index is 12.8. The van der Waals surface area contributed by atoms with Gasteiger partial charge in [0.1, 0.15) is 10.5 Å². The summed E-state index contributed by atoms with van der Waals surface area (Å²) in [7, 11) is 0. The predicted molar refractivity (Wildman–Crippen MR) is 73.1 cm³/mol. The molecule has 124 valence electrons. The molecule has 0 bridgehead atoms. The van der Waals surface area contributed by atoms with Crippen LogP contribution in [0.3, 0.4) is 0 Å². The summed E-state index contributed by atoms with van der Waals surface area (Å²) < 4.78 is 47.7. The number of nitrogens with zero attached hydrogens (tertiary/aromatic N) is 1. The lowest BCUT2D eigenvalue weighted by molar-refractivity contribution is -0.141. The average molecular weight is 361 g/mol. The Morgan fingerprint density at radius 2 is 1.91 bits per heavy atom. The number of halogens is 4. The minimum absolute atomic E-state index is 0.313. The zero-order chi connectivity index (χ0) is 17.1. The Kier molecular flexibility index (Phi) is 5.63. The molecule has 0 aromatic carbocycles. The van der Waals surface area contributed by atoms with E-state index in [1.165, 1.54) is 0 Å². The van der Waals surface area contributed by atoms with E-state index < -0.39 is 45.6 Å². The topological polar surface area (TPSA) is 77.5 Å². The molecule has 22 heavy (non-hydrogen) atoms. The highest BCUT2D eigenvalue weighted by atomic mass is 35.5. The van der Waals surface area contributed by atoms with Crippen molar-refractivity contribution in [3.8, 4) is 0 Å². The van der Waals surface area contributed by atoms with Gasteiger partial charge in [0, 0.05) is 0 Å². The van der Waals surface area contributed by atoms with Crippen LogP contribution in [-0.4, -0.2) is 28.7 Å². The lowest BCUT2D eigenvalue weighted by Gasteiger charge is -2.18. The number of rotatable bonds is 3. The van der Waals surface area contributed by atoms with Gasteiger partial charge in [-0.15, -0.1) is 0 Å². The molecule has 0 aliphatic carbocycles. The summed E-state index contributed by atoms with van der Waals surface area (Å²) >= 11 is 5.46. The van der Waals surface area contributed by atoms with E-state index in [0.29, 0.717) is 11.3 Å². The van der Waals surface area contributed by atoms with Gasteiger partial charge in [-0.1, -0.05) is 22.9 Å². The summed E-state index contributed by atoms with van der Waals surface area (Å²) in [4.78, 5) is 25.4. The van der Waals surface area contributed by atoms with Gasteiger partial charge in [-0.2, -0.15) is 13.2 Å². The first-order valence-corrected chi connectivity index (χ1v) is 7.10. The number of nitrogens with one attached hydrogen (secondary N) is 1. The van der Waals surface area contributed by atoms with Gasteiger partial charge < -0.3 is 9.47 Å². The van der Waals surface area contributed by atoms with Gasteiger partial charge >= 0.3 is 18.2 Å². The second kappa shape index (κ2) is 6.69. The van der Waals surface area contributed by atoms with Crippen molar-refractivity contribution >= 4 is 40.1 Å². The first kappa shape index (κ1) is 18.5. The molecule has 0 unspecified atom stereocenters. The van der Waals surface area contributed by atoms with E-state index in [-0.39, 0.29) is 0 Å². The van der Waals surface area contributed by atoms with Crippen molar-refractivity contribution in [1.82, 2.24) is 4.98 Å². The third-order valence-corrected chi connectivity index (χ3v) is 2.93. The maximum Gasteiger partial charge on any atom is 0.435 e. The SMILES string of the molecule is CC(C)(C)OC(=O)Nc1nc(C(F)(F)F)c(C(=O)OCCl)s1. The summed E-state index contributed by atoms with van der Waals surface area (Å²) in [5, 5.41) is 1.59. The second-order valence-electron chi connectivity index (χ2n) is 4.86. The van der Waals surface area contributed by atoms with Crippen molar-refractivity contribution in [1.29, 1.82) is 0 Å². The average Bonchev–Trinajstić information content (AvgIpc) is 2.70. The molecule has 1 aromatic rings. The highest BCUT2D eigenvalue weighted by Gasteiger charge is 2.40. The third-order valence-electron chi connectivity index (χ3n) is 1.87. The largest absolute Gasteiger partial charge is 0.445 e. The van der Waals surface area contributed by atoms with Gasteiger partial charge in [-0.3, -0.25) is 5.32 Å². The fraction of sp³-hybridized carbons (Fsp3) is 0.545. The molecular formula is C11H12ClF3N2O4S. The normalized spacial score (nSPS) is 12.0. The zero-order valence-corrected chi connectivity index (χ0v) is 13.3. The van der Waals surface area contributed by atoms with Crippen molar-refractivity contribution in [2.45, 2.75) is 32.5 Å². The maximum atomic E-state index is 12.8. The Bertz CT molecular complexity index is 569. The quantitative estimate of drug-likeness (QED) is 0.654. The molecule has 0 saturated carbocycles. The molecule has 6 nitrogen and oxygen atoms in total. The lowest BCUT2D eigenvalue weighted by atomic mass is 10.2. The highest BCUT2D eigenvalue weighted by molar-refractivity contribution is 7.17. The van der Waals surface area contributed by atoms with Crippen molar-refractivity contribution in [3.05, 3.63) is 10.6 Å². The van der Waals surface area contributed by atoms with E-state index in [1.54, 1.807) is 20.8 Å². The smallest absolute Gasteiger partial charge is 0.435 e. The minimum atomic E-state index is -4.88. The van der Waals surface area contributed by atoms with Crippen LogP contribution in [0.25, 0.3) is 0 Å². The molecule has 1 amide bonds. The molecule has 0 fully saturated rings. The fourth-order valence-corrected chi connectivity index (χ4v) is 2.17. The van der Waals surface area contributed by atoms with Gasteiger partial charge in [0.25, 0.3) is 0 Å².